The number of hydroxylamine groups is 2. The van der Waals surface area contributed by atoms with Gasteiger partial charge in [-0.1, -0.05) is 74.0 Å². The third-order valence-electron chi connectivity index (χ3n) is 16.6. The SMILES string of the molecule is CC(O)C(NC(=O)C12CC3OC(=O)C1N(Cc1ccccc1C=C1CCC4OC4(C)CCC4C1CC4(C)C)OC2C1OC2(Cc4ccccc4C2)OC31)C(=O)NC(CO)CCC(=O)OC(C)(C)C. The fourth-order valence-corrected chi connectivity index (χ4v) is 13.0. The largest absolute Gasteiger partial charge is 0.460 e. The molecule has 2 amide bonds. The molecular weight excluding hydrogens is 871 g/mol. The molecule has 0 radical (unpaired) electrons. The molecule has 368 valence electrons. The van der Waals surface area contributed by atoms with Gasteiger partial charge in [0.15, 0.2) is 11.8 Å². The highest BCUT2D eigenvalue weighted by Crippen LogP contribution is 2.61. The average Bonchev–Trinajstić information content (AvgIpc) is 3.54. The second kappa shape index (κ2) is 17.3. The smallest absolute Gasteiger partial charge is 0.327 e. The molecule has 8 aliphatic rings. The Morgan fingerprint density at radius 2 is 1.66 bits per heavy atom. The first-order chi connectivity index (χ1) is 32.2. The summed E-state index contributed by atoms with van der Waals surface area (Å²) >= 11 is 0. The second-order valence-corrected chi connectivity index (χ2v) is 22.9. The van der Waals surface area contributed by atoms with Gasteiger partial charge in [-0.05, 0) is 113 Å². The lowest BCUT2D eigenvalue weighted by molar-refractivity contribution is -0.217. The van der Waals surface area contributed by atoms with E-state index in [0.717, 1.165) is 54.4 Å². The van der Waals surface area contributed by atoms with Crippen LogP contribution in [0.15, 0.2) is 54.1 Å². The molecular formula is C53H69N3O12. The number of aliphatic hydroxyl groups excluding tert-OH is 2. The Hall–Kier alpha value is -4.22. The Kier molecular flexibility index (Phi) is 12.1. The maximum Gasteiger partial charge on any atom is 0.327 e. The van der Waals surface area contributed by atoms with E-state index in [0.29, 0.717) is 24.7 Å². The number of allylic oxidation sites excluding steroid dienone is 1. The summed E-state index contributed by atoms with van der Waals surface area (Å²) in [5, 5.41) is 28.4. The van der Waals surface area contributed by atoms with Gasteiger partial charge in [0.2, 0.25) is 11.8 Å². The van der Waals surface area contributed by atoms with Crippen molar-refractivity contribution in [2.45, 2.75) is 191 Å². The first-order valence-electron chi connectivity index (χ1n) is 24.9. The molecule has 13 atom stereocenters. The third kappa shape index (κ3) is 8.51. The van der Waals surface area contributed by atoms with Crippen LogP contribution in [0.3, 0.4) is 0 Å². The van der Waals surface area contributed by atoms with Crippen LogP contribution in [0.5, 0.6) is 0 Å². The monoisotopic (exact) mass is 939 g/mol. The van der Waals surface area contributed by atoms with Crippen LogP contribution in [0.2, 0.25) is 0 Å². The average molecular weight is 940 g/mol. The molecule has 15 heteroatoms. The summed E-state index contributed by atoms with van der Waals surface area (Å²) < 4.78 is 31.7. The quantitative estimate of drug-likeness (QED) is 0.164. The molecule has 68 heavy (non-hydrogen) atoms. The van der Waals surface area contributed by atoms with Gasteiger partial charge in [0.1, 0.15) is 41.5 Å². The molecule has 4 aliphatic heterocycles. The molecule has 2 aromatic carbocycles. The predicted octanol–water partition coefficient (Wildman–Crippen LogP) is 5.01. The molecule has 4 heterocycles. The lowest BCUT2D eigenvalue weighted by atomic mass is 9.52. The van der Waals surface area contributed by atoms with E-state index in [4.69, 9.17) is 28.5 Å². The minimum atomic E-state index is -1.64. The lowest BCUT2D eigenvalue weighted by Gasteiger charge is -2.53. The molecule has 2 bridgehead atoms. The summed E-state index contributed by atoms with van der Waals surface area (Å²) in [5.41, 5.74) is 3.33. The van der Waals surface area contributed by atoms with Gasteiger partial charge in [-0.3, -0.25) is 24.0 Å². The summed E-state index contributed by atoms with van der Waals surface area (Å²) in [4.78, 5) is 63.5. The van der Waals surface area contributed by atoms with Gasteiger partial charge in [-0.15, -0.1) is 0 Å². The Bertz CT molecular complexity index is 2340. The summed E-state index contributed by atoms with van der Waals surface area (Å²) in [6.07, 6.45) is 3.80. The van der Waals surface area contributed by atoms with E-state index in [2.05, 4.69) is 43.5 Å². The zero-order valence-electron chi connectivity index (χ0n) is 40.5. The number of epoxide rings is 1. The number of carbonyl (C=O) groups is 4. The van der Waals surface area contributed by atoms with Crippen molar-refractivity contribution in [2.24, 2.45) is 22.7 Å². The molecule has 15 nitrogen and oxygen atoms in total. The van der Waals surface area contributed by atoms with Gasteiger partial charge in [-0.25, -0.2) is 0 Å². The van der Waals surface area contributed by atoms with Crippen LogP contribution in [-0.2, 0) is 67.1 Å². The summed E-state index contributed by atoms with van der Waals surface area (Å²) in [7, 11) is 0. The highest BCUT2D eigenvalue weighted by atomic mass is 16.8. The number of nitrogens with one attached hydrogen (secondary N) is 2. The first-order valence-corrected chi connectivity index (χ1v) is 24.9. The van der Waals surface area contributed by atoms with Crippen molar-refractivity contribution in [3.05, 3.63) is 76.4 Å². The summed E-state index contributed by atoms with van der Waals surface area (Å²) in [5.74, 6) is -2.66. The van der Waals surface area contributed by atoms with Crippen molar-refractivity contribution in [3.63, 3.8) is 0 Å². The van der Waals surface area contributed by atoms with Crippen LogP contribution in [0.4, 0.5) is 0 Å². The number of hydrogen-bond donors (Lipinski definition) is 4. The predicted molar refractivity (Wildman–Crippen MR) is 247 cm³/mol. The number of hydrogen-bond acceptors (Lipinski definition) is 13. The topological polar surface area (TPSA) is 195 Å². The highest BCUT2D eigenvalue weighted by Gasteiger charge is 2.77. The van der Waals surface area contributed by atoms with Crippen molar-refractivity contribution >= 4 is 29.8 Å². The molecule has 1 spiro atoms. The van der Waals surface area contributed by atoms with Crippen LogP contribution in [0.1, 0.15) is 122 Å². The van der Waals surface area contributed by atoms with Gasteiger partial charge < -0.3 is 44.5 Å². The number of rotatable bonds is 12. The van der Waals surface area contributed by atoms with Crippen LogP contribution in [0, 0.1) is 22.7 Å². The van der Waals surface area contributed by atoms with Crippen LogP contribution in [0.25, 0.3) is 6.08 Å². The van der Waals surface area contributed by atoms with E-state index in [9.17, 15) is 24.6 Å². The molecule has 7 fully saturated rings. The van der Waals surface area contributed by atoms with Crippen molar-refractivity contribution in [1.29, 1.82) is 0 Å². The maximum absolute atomic E-state index is 15.4. The Morgan fingerprint density at radius 1 is 0.956 bits per heavy atom. The molecule has 13 unspecified atom stereocenters. The van der Waals surface area contributed by atoms with Crippen LogP contribution < -0.4 is 10.6 Å². The zero-order chi connectivity index (χ0) is 48.1. The van der Waals surface area contributed by atoms with Crippen molar-refractivity contribution in [1.82, 2.24) is 15.7 Å². The number of fused-ring (bicyclic) bond motifs is 7. The number of aliphatic hydroxyl groups is 2. The number of carbonyl (C=O) groups excluding carboxylic acids is 4. The fraction of sp³-hybridized carbons (Fsp3) is 0.660. The standard InChI is InChI=1S/C53H69N3O12/c1-29(58)41(46(60)54-35(28-57)17-19-40(59)65-49(2,3)4)55-48(62)53-26-38-42-43(67-52(66-42)23-32-13-9-10-14-33(32)24-52)45(53)68-56(44(53)47(61)63-38)27-34-15-11-8-12-30(34)22-31-16-18-39-51(7,64-39)21-20-37-36(31)25-50(37,5)6/h8-15,22,29,35-39,41-45,57-58H,16-21,23-28H2,1-7H3,(H,54,60)(H,55,62). The molecule has 4 N–H and O–H groups in total. The second-order valence-electron chi connectivity index (χ2n) is 22.9. The van der Waals surface area contributed by atoms with E-state index in [1.54, 1.807) is 25.8 Å². The Balaban J connectivity index is 0.954. The fourth-order valence-electron chi connectivity index (χ4n) is 13.0. The molecule has 0 aromatic heterocycles. The van der Waals surface area contributed by atoms with Gasteiger partial charge in [0.05, 0.1) is 37.0 Å². The van der Waals surface area contributed by atoms with E-state index < -0.39 is 95.8 Å². The van der Waals surface area contributed by atoms with E-state index in [1.165, 1.54) is 12.5 Å². The first kappa shape index (κ1) is 47.5. The van der Waals surface area contributed by atoms with Crippen molar-refractivity contribution < 1.29 is 57.9 Å². The minimum Gasteiger partial charge on any atom is -0.460 e. The van der Waals surface area contributed by atoms with E-state index >= 15 is 4.79 Å². The lowest BCUT2D eigenvalue weighted by Crippen LogP contribution is -2.71. The van der Waals surface area contributed by atoms with Crippen LogP contribution >= 0.6 is 0 Å². The van der Waals surface area contributed by atoms with Gasteiger partial charge >= 0.3 is 11.9 Å². The Morgan fingerprint density at radius 3 is 2.35 bits per heavy atom. The number of esters is 2. The van der Waals surface area contributed by atoms with Gasteiger partial charge in [0, 0.05) is 25.7 Å². The van der Waals surface area contributed by atoms with Gasteiger partial charge in [0.25, 0.3) is 0 Å². The number of nitrogens with zero attached hydrogens (tertiary/aromatic N) is 1. The zero-order valence-corrected chi connectivity index (χ0v) is 40.5. The van der Waals surface area contributed by atoms with E-state index in [1.807, 2.05) is 42.5 Å². The van der Waals surface area contributed by atoms with Crippen molar-refractivity contribution in [2.75, 3.05) is 6.61 Å². The minimum absolute atomic E-state index is 0.0139. The van der Waals surface area contributed by atoms with Crippen molar-refractivity contribution in [3.8, 4) is 0 Å². The summed E-state index contributed by atoms with van der Waals surface area (Å²) in [6, 6.07) is 12.5. The Labute approximate surface area is 398 Å². The van der Waals surface area contributed by atoms with E-state index in [-0.39, 0.29) is 42.9 Å². The normalized spacial score (nSPS) is 35.7. The molecule has 4 aliphatic carbocycles. The maximum atomic E-state index is 15.4. The molecule has 3 saturated carbocycles. The highest BCUT2D eigenvalue weighted by molar-refractivity contribution is 5.96. The van der Waals surface area contributed by atoms with Crippen LogP contribution in [-0.4, -0.2) is 117 Å². The summed E-state index contributed by atoms with van der Waals surface area (Å²) in [6.45, 7) is 13.3. The third-order valence-corrected chi connectivity index (χ3v) is 16.6. The molecule has 10 rings (SSSR count). The van der Waals surface area contributed by atoms with Gasteiger partial charge in [-0.2, -0.15) is 5.06 Å². The molecule has 2 aromatic rings. The molecule has 4 saturated heterocycles. The number of amides is 2. The number of benzene rings is 2. The number of ether oxygens (including phenoxy) is 5.